The van der Waals surface area contributed by atoms with Crippen LogP contribution in [0.5, 0.6) is 0 Å². The van der Waals surface area contributed by atoms with Crippen molar-refractivity contribution < 1.29 is 22.3 Å². The fraction of sp³-hybridized carbons (Fsp3) is 0.857. The van der Waals surface area contributed by atoms with Crippen LogP contribution in [-0.4, -0.2) is 39.2 Å². The third-order valence-corrected chi connectivity index (χ3v) is 3.80. The number of hydrogen-bond donors (Lipinski definition) is 0. The normalized spacial score (nSPS) is 32.5. The van der Waals surface area contributed by atoms with E-state index in [-0.39, 0.29) is 12.2 Å². The quantitative estimate of drug-likeness (QED) is 0.568. The van der Waals surface area contributed by atoms with E-state index in [1.165, 1.54) is 0 Å². The summed E-state index contributed by atoms with van der Waals surface area (Å²) in [5.41, 5.74) is 0. The van der Waals surface area contributed by atoms with Crippen molar-refractivity contribution in [1.82, 2.24) is 0 Å². The topological polar surface area (TPSA) is 60.4 Å². The third-order valence-electron chi connectivity index (χ3n) is 2.08. The summed E-state index contributed by atoms with van der Waals surface area (Å²) in [6, 6.07) is 0. The largest absolute Gasteiger partial charge is 0.469 e. The van der Waals surface area contributed by atoms with Gasteiger partial charge in [0.05, 0.1) is 18.6 Å². The van der Waals surface area contributed by atoms with Crippen molar-refractivity contribution in [2.24, 2.45) is 5.92 Å². The van der Waals surface area contributed by atoms with Gasteiger partial charge >= 0.3 is 5.97 Å². The molecular formula is C7H11FO4S. The van der Waals surface area contributed by atoms with Crippen molar-refractivity contribution in [3.8, 4) is 0 Å². The van der Waals surface area contributed by atoms with Gasteiger partial charge in [-0.2, -0.15) is 0 Å². The summed E-state index contributed by atoms with van der Waals surface area (Å²) in [7, 11) is -2.14. The van der Waals surface area contributed by atoms with Crippen molar-refractivity contribution in [2.75, 3.05) is 18.6 Å². The summed E-state index contributed by atoms with van der Waals surface area (Å²) in [6.45, 7) is 0. The third kappa shape index (κ3) is 2.40. The van der Waals surface area contributed by atoms with E-state index in [0.29, 0.717) is 0 Å². The Morgan fingerprint density at radius 3 is 2.69 bits per heavy atom. The van der Waals surface area contributed by atoms with Crippen LogP contribution in [0, 0.1) is 5.92 Å². The van der Waals surface area contributed by atoms with Crippen LogP contribution < -0.4 is 0 Å². The van der Waals surface area contributed by atoms with E-state index >= 15 is 0 Å². The van der Waals surface area contributed by atoms with Crippen LogP contribution in [0.1, 0.15) is 6.42 Å². The lowest BCUT2D eigenvalue weighted by Crippen LogP contribution is -2.39. The molecule has 1 aliphatic heterocycles. The van der Waals surface area contributed by atoms with E-state index in [2.05, 4.69) is 4.74 Å². The summed E-state index contributed by atoms with van der Waals surface area (Å²) in [6.07, 6.45) is -1.50. The molecular weight excluding hydrogens is 199 g/mol. The number of carbonyl (C=O) groups excluding carboxylic acids is 1. The van der Waals surface area contributed by atoms with Gasteiger partial charge in [-0.25, -0.2) is 12.8 Å². The Bertz CT molecular complexity index is 298. The molecule has 1 aliphatic rings. The molecule has 0 saturated carbocycles. The van der Waals surface area contributed by atoms with Gasteiger partial charge in [0.1, 0.15) is 12.1 Å². The monoisotopic (exact) mass is 210 g/mol. The van der Waals surface area contributed by atoms with E-state index in [0.717, 1.165) is 7.11 Å². The van der Waals surface area contributed by atoms with E-state index in [1.54, 1.807) is 0 Å². The molecule has 0 amide bonds. The molecule has 0 N–H and O–H groups in total. The summed E-state index contributed by atoms with van der Waals surface area (Å²) >= 11 is 0. The zero-order chi connectivity index (χ0) is 10.1. The standard InChI is InChI=1S/C7H11FO4S/c1-12-7(9)5-4-13(10,11)3-2-6(5)8/h5-6H,2-4H2,1H3. The van der Waals surface area contributed by atoms with Gasteiger partial charge in [-0.05, 0) is 6.42 Å². The van der Waals surface area contributed by atoms with Gasteiger partial charge in [-0.1, -0.05) is 0 Å². The fourth-order valence-corrected chi connectivity index (χ4v) is 2.96. The Kier molecular flexibility index (Phi) is 2.90. The van der Waals surface area contributed by atoms with E-state index < -0.39 is 33.6 Å². The van der Waals surface area contributed by atoms with Crippen molar-refractivity contribution >= 4 is 15.8 Å². The first-order valence-electron chi connectivity index (χ1n) is 3.88. The average Bonchev–Trinajstić information content (AvgIpc) is 2.08. The lowest BCUT2D eigenvalue weighted by Gasteiger charge is -2.23. The maximum Gasteiger partial charge on any atom is 0.312 e. The number of hydrogen-bond acceptors (Lipinski definition) is 4. The number of rotatable bonds is 1. The first-order valence-corrected chi connectivity index (χ1v) is 5.71. The molecule has 0 aliphatic carbocycles. The minimum Gasteiger partial charge on any atom is -0.469 e. The highest BCUT2D eigenvalue weighted by molar-refractivity contribution is 7.91. The predicted molar refractivity (Wildman–Crippen MR) is 43.7 cm³/mol. The summed E-state index contributed by atoms with van der Waals surface area (Å²) in [5.74, 6) is -2.53. The van der Waals surface area contributed by atoms with Crippen molar-refractivity contribution in [2.45, 2.75) is 12.6 Å². The van der Waals surface area contributed by atoms with Gasteiger partial charge in [0.2, 0.25) is 0 Å². The predicted octanol–water partition coefficient (Wildman–Crippen LogP) is -0.0678. The van der Waals surface area contributed by atoms with Crippen LogP contribution in [0.3, 0.4) is 0 Å². The second-order valence-corrected chi connectivity index (χ2v) is 5.28. The van der Waals surface area contributed by atoms with Crippen molar-refractivity contribution in [1.29, 1.82) is 0 Å². The molecule has 1 fully saturated rings. The molecule has 0 spiro atoms. The van der Waals surface area contributed by atoms with Crippen LogP contribution >= 0.6 is 0 Å². The second kappa shape index (κ2) is 3.61. The number of esters is 1. The molecule has 1 rings (SSSR count). The first-order chi connectivity index (χ1) is 5.96. The molecule has 0 radical (unpaired) electrons. The highest BCUT2D eigenvalue weighted by Crippen LogP contribution is 2.22. The molecule has 13 heavy (non-hydrogen) atoms. The molecule has 0 bridgehead atoms. The molecule has 76 valence electrons. The van der Waals surface area contributed by atoms with Crippen LogP contribution in [0.15, 0.2) is 0 Å². The zero-order valence-electron chi connectivity index (χ0n) is 7.20. The highest BCUT2D eigenvalue weighted by atomic mass is 32.2. The second-order valence-electron chi connectivity index (χ2n) is 3.05. The van der Waals surface area contributed by atoms with E-state index in [9.17, 15) is 17.6 Å². The molecule has 6 heteroatoms. The van der Waals surface area contributed by atoms with Gasteiger partial charge in [0, 0.05) is 0 Å². The summed E-state index contributed by atoms with van der Waals surface area (Å²) in [5, 5.41) is 0. The lowest BCUT2D eigenvalue weighted by atomic mass is 10.0. The molecule has 0 aromatic rings. The number of ether oxygens (including phenoxy) is 1. The minimum absolute atomic E-state index is 0.109. The van der Waals surface area contributed by atoms with Gasteiger partial charge < -0.3 is 4.74 Å². The van der Waals surface area contributed by atoms with Gasteiger partial charge in [-0.15, -0.1) is 0 Å². The zero-order valence-corrected chi connectivity index (χ0v) is 8.01. The highest BCUT2D eigenvalue weighted by Gasteiger charge is 2.38. The molecule has 4 nitrogen and oxygen atoms in total. The number of alkyl halides is 1. The Hall–Kier alpha value is -0.650. The minimum atomic E-state index is -3.26. The molecule has 1 heterocycles. The van der Waals surface area contributed by atoms with Gasteiger partial charge in [0.25, 0.3) is 0 Å². The van der Waals surface area contributed by atoms with Crippen LogP contribution in [0.4, 0.5) is 4.39 Å². The van der Waals surface area contributed by atoms with Crippen LogP contribution in [-0.2, 0) is 19.4 Å². The van der Waals surface area contributed by atoms with E-state index in [4.69, 9.17) is 0 Å². The summed E-state index contributed by atoms with van der Waals surface area (Å²) in [4.78, 5) is 10.9. The number of halogens is 1. The van der Waals surface area contributed by atoms with Crippen LogP contribution in [0.2, 0.25) is 0 Å². The SMILES string of the molecule is COC(=O)C1CS(=O)(=O)CCC1F. The Morgan fingerprint density at radius 1 is 1.54 bits per heavy atom. The molecule has 2 atom stereocenters. The van der Waals surface area contributed by atoms with Crippen molar-refractivity contribution in [3.63, 3.8) is 0 Å². The van der Waals surface area contributed by atoms with Gasteiger partial charge in [-0.3, -0.25) is 4.79 Å². The first kappa shape index (κ1) is 10.4. The Labute approximate surface area is 76.0 Å². The smallest absolute Gasteiger partial charge is 0.312 e. The Morgan fingerprint density at radius 2 is 2.15 bits per heavy atom. The molecule has 1 saturated heterocycles. The van der Waals surface area contributed by atoms with Gasteiger partial charge in [0.15, 0.2) is 9.84 Å². The number of carbonyl (C=O) groups is 1. The maximum absolute atomic E-state index is 13.1. The lowest BCUT2D eigenvalue weighted by molar-refractivity contribution is -0.147. The molecule has 2 unspecified atom stereocenters. The van der Waals surface area contributed by atoms with E-state index in [1.807, 2.05) is 0 Å². The Balaban J connectivity index is 2.77. The van der Waals surface area contributed by atoms with Crippen molar-refractivity contribution in [3.05, 3.63) is 0 Å². The fourth-order valence-electron chi connectivity index (χ4n) is 1.32. The summed E-state index contributed by atoms with van der Waals surface area (Å²) < 4.78 is 39.5. The van der Waals surface area contributed by atoms with Crippen LogP contribution in [0.25, 0.3) is 0 Å². The average molecular weight is 210 g/mol. The molecule has 0 aromatic carbocycles. The number of sulfone groups is 1. The number of methoxy groups -OCH3 is 1. The molecule has 0 aromatic heterocycles. The maximum atomic E-state index is 13.1.